The highest BCUT2D eigenvalue weighted by molar-refractivity contribution is 5.83. The molecule has 1 N–H and O–H groups in total. The van der Waals surface area contributed by atoms with Gasteiger partial charge in [-0.05, 0) is 45.7 Å². The molecule has 4 aromatic carbocycles. The minimum absolute atomic E-state index is 0.161. The second kappa shape index (κ2) is 10.1. The molecule has 4 nitrogen and oxygen atoms in total. The van der Waals surface area contributed by atoms with Crippen molar-refractivity contribution < 1.29 is 9.47 Å². The Balaban J connectivity index is 1.48. The van der Waals surface area contributed by atoms with Gasteiger partial charge < -0.3 is 14.8 Å². The van der Waals surface area contributed by atoms with E-state index < -0.39 is 0 Å². The van der Waals surface area contributed by atoms with Gasteiger partial charge in [0.2, 0.25) is 0 Å². The van der Waals surface area contributed by atoms with E-state index in [4.69, 9.17) is 9.47 Å². The molecule has 4 aromatic rings. The van der Waals surface area contributed by atoms with Gasteiger partial charge >= 0.3 is 0 Å². The van der Waals surface area contributed by atoms with E-state index in [2.05, 4.69) is 76.9 Å². The Morgan fingerprint density at radius 3 is 2.24 bits per heavy atom. The first-order valence-corrected chi connectivity index (χ1v) is 11.6. The molecular formula is C29H30N2O2. The molecule has 0 aromatic heterocycles. The predicted octanol–water partition coefficient (Wildman–Crippen LogP) is 5.42. The minimum Gasteiger partial charge on any atom is -0.493 e. The number of nitrogens with one attached hydrogen (secondary N) is 1. The Morgan fingerprint density at radius 1 is 0.758 bits per heavy atom. The molecule has 1 heterocycles. The summed E-state index contributed by atoms with van der Waals surface area (Å²) in [6.45, 7) is 4.53. The lowest BCUT2D eigenvalue weighted by atomic mass is 9.94. The Bertz CT molecular complexity index is 1200. The summed E-state index contributed by atoms with van der Waals surface area (Å²) in [5.74, 6) is 1.53. The van der Waals surface area contributed by atoms with Crippen molar-refractivity contribution in [2.45, 2.75) is 12.6 Å². The monoisotopic (exact) mass is 438 g/mol. The fourth-order valence-electron chi connectivity index (χ4n) is 4.64. The SMILES string of the molecule is COc1cc(C(c2ccc3ccccc3c2)N2CCNCC2)ccc1OCc1ccccc1. The van der Waals surface area contributed by atoms with Crippen molar-refractivity contribution in [1.82, 2.24) is 10.2 Å². The zero-order valence-corrected chi connectivity index (χ0v) is 19.0. The largest absolute Gasteiger partial charge is 0.493 e. The maximum absolute atomic E-state index is 6.11. The number of hydrogen-bond donors (Lipinski definition) is 1. The number of fused-ring (bicyclic) bond motifs is 1. The van der Waals surface area contributed by atoms with Crippen LogP contribution in [-0.2, 0) is 6.61 Å². The van der Waals surface area contributed by atoms with E-state index in [1.54, 1.807) is 7.11 Å². The summed E-state index contributed by atoms with van der Waals surface area (Å²) in [4.78, 5) is 2.56. The van der Waals surface area contributed by atoms with Crippen LogP contribution in [0.2, 0.25) is 0 Å². The molecule has 33 heavy (non-hydrogen) atoms. The molecule has 0 saturated carbocycles. The highest BCUT2D eigenvalue weighted by Crippen LogP contribution is 2.36. The molecule has 0 amide bonds. The molecule has 1 fully saturated rings. The molecule has 1 saturated heterocycles. The molecule has 0 aliphatic carbocycles. The summed E-state index contributed by atoms with van der Waals surface area (Å²) in [6, 6.07) is 32.1. The van der Waals surface area contributed by atoms with Crippen molar-refractivity contribution in [3.8, 4) is 11.5 Å². The number of hydrogen-bond acceptors (Lipinski definition) is 4. The summed E-state index contributed by atoms with van der Waals surface area (Å²) in [6.07, 6.45) is 0. The van der Waals surface area contributed by atoms with E-state index in [9.17, 15) is 0 Å². The Labute approximate surface area is 195 Å². The summed E-state index contributed by atoms with van der Waals surface area (Å²) < 4.78 is 11.9. The van der Waals surface area contributed by atoms with Gasteiger partial charge in [-0.1, -0.05) is 72.8 Å². The maximum atomic E-state index is 6.11. The van der Waals surface area contributed by atoms with Gasteiger partial charge in [0.1, 0.15) is 6.61 Å². The first-order valence-electron chi connectivity index (χ1n) is 11.6. The number of nitrogens with zero attached hydrogens (tertiary/aromatic N) is 1. The van der Waals surface area contributed by atoms with Crippen LogP contribution >= 0.6 is 0 Å². The van der Waals surface area contributed by atoms with Gasteiger partial charge in [0, 0.05) is 26.2 Å². The van der Waals surface area contributed by atoms with E-state index >= 15 is 0 Å². The molecule has 4 heteroatoms. The molecule has 0 radical (unpaired) electrons. The lowest BCUT2D eigenvalue weighted by Crippen LogP contribution is -2.45. The summed E-state index contributed by atoms with van der Waals surface area (Å²) in [7, 11) is 1.71. The molecule has 168 valence electrons. The lowest BCUT2D eigenvalue weighted by molar-refractivity contribution is 0.198. The highest BCUT2D eigenvalue weighted by atomic mass is 16.5. The number of ether oxygens (including phenoxy) is 2. The average molecular weight is 439 g/mol. The van der Waals surface area contributed by atoms with Gasteiger partial charge in [-0.2, -0.15) is 0 Å². The van der Waals surface area contributed by atoms with E-state index in [0.29, 0.717) is 6.61 Å². The van der Waals surface area contributed by atoms with E-state index in [1.165, 1.54) is 21.9 Å². The predicted molar refractivity (Wildman–Crippen MR) is 134 cm³/mol. The molecule has 1 aliphatic heterocycles. The van der Waals surface area contributed by atoms with Crippen LogP contribution < -0.4 is 14.8 Å². The number of methoxy groups -OCH3 is 1. The van der Waals surface area contributed by atoms with E-state index in [0.717, 1.165) is 43.2 Å². The van der Waals surface area contributed by atoms with Crippen LogP contribution in [0.25, 0.3) is 10.8 Å². The van der Waals surface area contributed by atoms with Crippen LogP contribution in [0.5, 0.6) is 11.5 Å². The van der Waals surface area contributed by atoms with Crippen molar-refractivity contribution in [3.05, 3.63) is 108 Å². The Hall–Kier alpha value is -3.34. The second-order valence-corrected chi connectivity index (χ2v) is 8.48. The van der Waals surface area contributed by atoms with E-state index in [-0.39, 0.29) is 6.04 Å². The lowest BCUT2D eigenvalue weighted by Gasteiger charge is -2.36. The number of piperazine rings is 1. The van der Waals surface area contributed by atoms with Crippen LogP contribution in [0.3, 0.4) is 0 Å². The third kappa shape index (κ3) is 4.87. The smallest absolute Gasteiger partial charge is 0.161 e. The number of benzene rings is 4. The van der Waals surface area contributed by atoms with Gasteiger partial charge in [-0.25, -0.2) is 0 Å². The molecule has 1 atom stereocenters. The van der Waals surface area contributed by atoms with Crippen molar-refractivity contribution >= 4 is 10.8 Å². The minimum atomic E-state index is 0.161. The van der Waals surface area contributed by atoms with Crippen LogP contribution in [-0.4, -0.2) is 38.2 Å². The van der Waals surface area contributed by atoms with Gasteiger partial charge in [0.05, 0.1) is 13.2 Å². The van der Waals surface area contributed by atoms with Crippen molar-refractivity contribution in [2.75, 3.05) is 33.3 Å². The van der Waals surface area contributed by atoms with Gasteiger partial charge in [-0.3, -0.25) is 4.90 Å². The summed E-state index contributed by atoms with van der Waals surface area (Å²) >= 11 is 0. The standard InChI is InChI=1S/C29H30N2O2/c1-32-28-20-26(13-14-27(28)33-21-22-7-3-2-4-8-22)29(31-17-15-30-16-18-31)25-12-11-23-9-5-6-10-24(23)19-25/h2-14,19-20,29-30H,15-18,21H2,1H3. The fourth-order valence-corrected chi connectivity index (χ4v) is 4.64. The molecular weight excluding hydrogens is 408 g/mol. The molecule has 0 bridgehead atoms. The Kier molecular flexibility index (Phi) is 6.56. The van der Waals surface area contributed by atoms with Crippen molar-refractivity contribution in [2.24, 2.45) is 0 Å². The average Bonchev–Trinajstić information content (AvgIpc) is 2.89. The van der Waals surface area contributed by atoms with Crippen molar-refractivity contribution in [3.63, 3.8) is 0 Å². The third-order valence-corrected chi connectivity index (χ3v) is 6.35. The topological polar surface area (TPSA) is 33.7 Å². The fraction of sp³-hybridized carbons (Fsp3) is 0.241. The van der Waals surface area contributed by atoms with Crippen LogP contribution in [0.15, 0.2) is 91.0 Å². The number of rotatable bonds is 7. The van der Waals surface area contributed by atoms with E-state index in [1.807, 2.05) is 24.3 Å². The van der Waals surface area contributed by atoms with Crippen molar-refractivity contribution in [1.29, 1.82) is 0 Å². The van der Waals surface area contributed by atoms with Gasteiger partial charge in [0.15, 0.2) is 11.5 Å². The van der Waals surface area contributed by atoms with Gasteiger partial charge in [0.25, 0.3) is 0 Å². The Morgan fingerprint density at radius 2 is 1.45 bits per heavy atom. The molecule has 1 aliphatic rings. The molecule has 5 rings (SSSR count). The first-order chi connectivity index (χ1) is 16.3. The summed E-state index contributed by atoms with van der Waals surface area (Å²) in [5, 5.41) is 6.01. The second-order valence-electron chi connectivity index (χ2n) is 8.48. The highest BCUT2D eigenvalue weighted by Gasteiger charge is 2.25. The quantitative estimate of drug-likeness (QED) is 0.418. The zero-order chi connectivity index (χ0) is 22.5. The maximum Gasteiger partial charge on any atom is 0.161 e. The third-order valence-electron chi connectivity index (χ3n) is 6.35. The normalized spacial score (nSPS) is 15.3. The van der Waals surface area contributed by atoms with Crippen LogP contribution in [0.4, 0.5) is 0 Å². The van der Waals surface area contributed by atoms with Gasteiger partial charge in [-0.15, -0.1) is 0 Å². The molecule has 1 unspecified atom stereocenters. The molecule has 0 spiro atoms. The van der Waals surface area contributed by atoms with Crippen LogP contribution in [0.1, 0.15) is 22.7 Å². The first kappa shape index (κ1) is 21.5. The van der Waals surface area contributed by atoms with Crippen LogP contribution in [0, 0.1) is 0 Å². The zero-order valence-electron chi connectivity index (χ0n) is 19.0. The summed E-state index contributed by atoms with van der Waals surface area (Å²) in [5.41, 5.74) is 3.66.